The van der Waals surface area contributed by atoms with Gasteiger partial charge in [0.05, 0.1) is 27.0 Å². The van der Waals surface area contributed by atoms with Crippen LogP contribution in [0.3, 0.4) is 0 Å². The molecule has 0 saturated carbocycles. The molecule has 1 saturated heterocycles. The van der Waals surface area contributed by atoms with E-state index in [0.29, 0.717) is 19.4 Å². The number of nitro groups is 1. The summed E-state index contributed by atoms with van der Waals surface area (Å²) in [5.41, 5.74) is -0.0490. The first kappa shape index (κ1) is 17.7. The maximum Gasteiger partial charge on any atom is 0.270 e. The minimum atomic E-state index is -3.12. The lowest BCUT2D eigenvalue weighted by molar-refractivity contribution is -0.384. The predicted octanol–water partition coefficient (Wildman–Crippen LogP) is 2.29. The normalized spacial score (nSPS) is 19.5. The van der Waals surface area contributed by atoms with Crippen LogP contribution in [0.25, 0.3) is 0 Å². The molecule has 0 aromatic heterocycles. The summed E-state index contributed by atoms with van der Waals surface area (Å²) >= 11 is 6.01. The number of benzene rings is 1. The minimum absolute atomic E-state index is 0.00819. The summed E-state index contributed by atoms with van der Waals surface area (Å²) in [5, 5.41) is 10.7. The molecule has 7 nitrogen and oxygen atoms in total. The highest BCUT2D eigenvalue weighted by Gasteiger charge is 2.35. The quantitative estimate of drug-likeness (QED) is 0.592. The Balaban J connectivity index is 2.30. The number of hydrogen-bond donors (Lipinski definition) is 0. The van der Waals surface area contributed by atoms with Crippen LogP contribution in [0.5, 0.6) is 0 Å². The van der Waals surface area contributed by atoms with Crippen LogP contribution in [0.4, 0.5) is 5.69 Å². The van der Waals surface area contributed by atoms with Gasteiger partial charge in [-0.2, -0.15) is 0 Å². The first-order valence-electron chi connectivity index (χ1n) is 7.20. The number of carbonyl (C=O) groups excluding carboxylic acids is 1. The molecule has 0 spiro atoms. The van der Waals surface area contributed by atoms with Crippen LogP contribution < -0.4 is 0 Å². The number of sulfone groups is 1. The van der Waals surface area contributed by atoms with Crippen molar-refractivity contribution in [2.24, 2.45) is 0 Å². The number of hydrogen-bond acceptors (Lipinski definition) is 5. The SMILES string of the molecule is CCCN(C(=O)c1ccc([N+](=O)[O-])cc1Cl)C1CCS(=O)(=O)C1. The zero-order valence-corrected chi connectivity index (χ0v) is 14.1. The molecule has 0 radical (unpaired) electrons. The molecular formula is C14H17ClN2O5S. The van der Waals surface area contributed by atoms with Gasteiger partial charge in [0.2, 0.25) is 0 Å². The fourth-order valence-corrected chi connectivity index (χ4v) is 4.64. The lowest BCUT2D eigenvalue weighted by atomic mass is 10.1. The first-order chi connectivity index (χ1) is 10.7. The van der Waals surface area contributed by atoms with Gasteiger partial charge in [-0.15, -0.1) is 0 Å². The Kier molecular flexibility index (Phi) is 5.26. The zero-order chi connectivity index (χ0) is 17.2. The molecule has 1 fully saturated rings. The molecule has 1 amide bonds. The van der Waals surface area contributed by atoms with Gasteiger partial charge in [-0.05, 0) is 18.9 Å². The van der Waals surface area contributed by atoms with Crippen LogP contribution in [0, 0.1) is 10.1 Å². The van der Waals surface area contributed by atoms with E-state index >= 15 is 0 Å². The minimum Gasteiger partial charge on any atom is -0.335 e. The van der Waals surface area contributed by atoms with Crippen LogP contribution >= 0.6 is 11.6 Å². The first-order valence-corrected chi connectivity index (χ1v) is 9.40. The summed E-state index contributed by atoms with van der Waals surface area (Å²) in [6.07, 6.45) is 1.07. The number of rotatable bonds is 5. The van der Waals surface area contributed by atoms with E-state index in [4.69, 9.17) is 11.6 Å². The summed E-state index contributed by atoms with van der Waals surface area (Å²) in [5.74, 6) is -0.378. The molecule has 1 aliphatic rings. The third-order valence-corrected chi connectivity index (χ3v) is 5.83. The molecule has 0 bridgehead atoms. The number of halogens is 1. The molecule has 0 N–H and O–H groups in total. The van der Waals surface area contributed by atoms with Gasteiger partial charge in [-0.25, -0.2) is 8.42 Å². The summed E-state index contributed by atoms with van der Waals surface area (Å²) < 4.78 is 23.3. The van der Waals surface area contributed by atoms with Crippen molar-refractivity contribution in [3.05, 3.63) is 38.9 Å². The zero-order valence-electron chi connectivity index (χ0n) is 12.6. The second-order valence-electron chi connectivity index (χ2n) is 5.48. The van der Waals surface area contributed by atoms with Crippen LogP contribution in [-0.4, -0.2) is 48.2 Å². The van der Waals surface area contributed by atoms with Gasteiger partial charge in [-0.3, -0.25) is 14.9 Å². The Hall–Kier alpha value is -1.67. The molecule has 126 valence electrons. The Bertz CT molecular complexity index is 735. The highest BCUT2D eigenvalue weighted by molar-refractivity contribution is 7.91. The van der Waals surface area contributed by atoms with Gasteiger partial charge in [0.1, 0.15) is 0 Å². The second-order valence-corrected chi connectivity index (χ2v) is 8.11. The average Bonchev–Trinajstić information content (AvgIpc) is 2.83. The molecule has 1 aromatic rings. The molecule has 1 heterocycles. The van der Waals surface area contributed by atoms with Crippen molar-refractivity contribution in [1.29, 1.82) is 0 Å². The summed E-state index contributed by atoms with van der Waals surface area (Å²) in [4.78, 5) is 24.4. The number of amides is 1. The molecule has 1 aromatic carbocycles. The maximum absolute atomic E-state index is 12.7. The van der Waals surface area contributed by atoms with E-state index in [9.17, 15) is 23.3 Å². The van der Waals surface area contributed by atoms with Crippen LogP contribution in [-0.2, 0) is 9.84 Å². The lowest BCUT2D eigenvalue weighted by Crippen LogP contribution is -2.41. The molecule has 1 atom stereocenters. The van der Waals surface area contributed by atoms with Gasteiger partial charge in [-0.1, -0.05) is 18.5 Å². The summed E-state index contributed by atoms with van der Waals surface area (Å²) in [7, 11) is -3.12. The van der Waals surface area contributed by atoms with Crippen LogP contribution in [0.15, 0.2) is 18.2 Å². The predicted molar refractivity (Wildman–Crippen MR) is 86.5 cm³/mol. The van der Waals surface area contributed by atoms with Crippen LogP contribution in [0.2, 0.25) is 5.02 Å². The van der Waals surface area contributed by atoms with Crippen molar-refractivity contribution in [2.45, 2.75) is 25.8 Å². The van der Waals surface area contributed by atoms with E-state index in [1.165, 1.54) is 17.0 Å². The van der Waals surface area contributed by atoms with Crippen molar-refractivity contribution in [2.75, 3.05) is 18.1 Å². The van der Waals surface area contributed by atoms with Gasteiger partial charge < -0.3 is 4.90 Å². The highest BCUT2D eigenvalue weighted by atomic mass is 35.5. The fraction of sp³-hybridized carbons (Fsp3) is 0.500. The van der Waals surface area contributed by atoms with Crippen molar-refractivity contribution in [1.82, 2.24) is 4.90 Å². The van der Waals surface area contributed by atoms with E-state index in [-0.39, 0.29) is 33.8 Å². The largest absolute Gasteiger partial charge is 0.335 e. The van der Waals surface area contributed by atoms with E-state index in [1.807, 2.05) is 6.92 Å². The van der Waals surface area contributed by atoms with E-state index in [1.54, 1.807) is 0 Å². The summed E-state index contributed by atoms with van der Waals surface area (Å²) in [6.45, 7) is 2.30. The van der Waals surface area contributed by atoms with E-state index in [0.717, 1.165) is 6.07 Å². The number of carbonyl (C=O) groups is 1. The van der Waals surface area contributed by atoms with Crippen molar-refractivity contribution in [3.63, 3.8) is 0 Å². The van der Waals surface area contributed by atoms with Crippen molar-refractivity contribution in [3.8, 4) is 0 Å². The number of nitro benzene ring substituents is 1. The Morgan fingerprint density at radius 2 is 2.17 bits per heavy atom. The van der Waals surface area contributed by atoms with Gasteiger partial charge in [0.25, 0.3) is 11.6 Å². The molecule has 0 aliphatic carbocycles. The number of nitrogens with zero attached hydrogens (tertiary/aromatic N) is 2. The van der Waals surface area contributed by atoms with E-state index < -0.39 is 20.7 Å². The molecular weight excluding hydrogens is 344 g/mol. The highest BCUT2D eigenvalue weighted by Crippen LogP contribution is 2.26. The fourth-order valence-electron chi connectivity index (χ4n) is 2.66. The monoisotopic (exact) mass is 360 g/mol. The second kappa shape index (κ2) is 6.84. The Morgan fingerprint density at radius 1 is 1.48 bits per heavy atom. The molecule has 9 heteroatoms. The third kappa shape index (κ3) is 4.00. The van der Waals surface area contributed by atoms with E-state index in [2.05, 4.69) is 0 Å². The third-order valence-electron chi connectivity index (χ3n) is 3.77. The maximum atomic E-state index is 12.7. The Labute approximate surface area is 139 Å². The van der Waals surface area contributed by atoms with Gasteiger partial charge in [0.15, 0.2) is 9.84 Å². The summed E-state index contributed by atoms with van der Waals surface area (Å²) in [6, 6.07) is 3.28. The van der Waals surface area contributed by atoms with Gasteiger partial charge in [0, 0.05) is 24.7 Å². The molecule has 2 rings (SSSR count). The standard InChI is InChI=1S/C14H17ClN2O5S/c1-2-6-16(11-5-7-23(21,22)9-11)14(18)12-4-3-10(17(19)20)8-13(12)15/h3-4,8,11H,2,5-7,9H2,1H3. The molecule has 1 unspecified atom stereocenters. The molecule has 23 heavy (non-hydrogen) atoms. The smallest absolute Gasteiger partial charge is 0.270 e. The molecule has 1 aliphatic heterocycles. The number of non-ortho nitro benzene ring substituents is 1. The topological polar surface area (TPSA) is 97.6 Å². The van der Waals surface area contributed by atoms with Crippen molar-refractivity contribution >= 4 is 33.0 Å². The Morgan fingerprint density at radius 3 is 2.65 bits per heavy atom. The van der Waals surface area contributed by atoms with Crippen LogP contribution in [0.1, 0.15) is 30.1 Å². The lowest BCUT2D eigenvalue weighted by Gasteiger charge is -2.28. The average molecular weight is 361 g/mol. The van der Waals surface area contributed by atoms with Gasteiger partial charge >= 0.3 is 0 Å². The van der Waals surface area contributed by atoms with Crippen molar-refractivity contribution < 1.29 is 18.1 Å².